The molecule has 1 aliphatic rings. The minimum Gasteiger partial charge on any atom is -0.379 e. The zero-order valence-electron chi connectivity index (χ0n) is 17.6. The lowest BCUT2D eigenvalue weighted by atomic mass is 10.1. The Hall–Kier alpha value is -2.95. The van der Waals surface area contributed by atoms with E-state index in [9.17, 15) is 19.3 Å². The van der Waals surface area contributed by atoms with Gasteiger partial charge in [0.25, 0.3) is 11.6 Å². The van der Waals surface area contributed by atoms with E-state index in [4.69, 9.17) is 4.74 Å². The summed E-state index contributed by atoms with van der Waals surface area (Å²) >= 11 is 1.23. The van der Waals surface area contributed by atoms with Crippen molar-refractivity contribution in [3.8, 4) is 0 Å². The van der Waals surface area contributed by atoms with Crippen molar-refractivity contribution in [3.63, 3.8) is 0 Å². The predicted octanol–water partition coefficient (Wildman–Crippen LogP) is 4.02. The molecule has 1 aromatic heterocycles. The van der Waals surface area contributed by atoms with Crippen molar-refractivity contribution in [2.75, 3.05) is 44.3 Å². The van der Waals surface area contributed by atoms with Crippen LogP contribution in [0.1, 0.15) is 22.3 Å². The summed E-state index contributed by atoms with van der Waals surface area (Å²) in [5.74, 6) is -0.829. The van der Waals surface area contributed by atoms with Crippen molar-refractivity contribution in [2.45, 2.75) is 13.3 Å². The number of ether oxygens (including phenoxy) is 1. The topological polar surface area (TPSA) is 88.8 Å². The molecule has 0 spiro atoms. The first-order valence-electron chi connectivity index (χ1n) is 10.4. The van der Waals surface area contributed by atoms with E-state index >= 15 is 0 Å². The van der Waals surface area contributed by atoms with Crippen molar-refractivity contribution >= 4 is 38.3 Å². The van der Waals surface area contributed by atoms with Crippen LogP contribution in [0.15, 0.2) is 36.4 Å². The summed E-state index contributed by atoms with van der Waals surface area (Å²) < 4.78 is 20.3. The highest BCUT2D eigenvalue weighted by Gasteiger charge is 2.26. The number of amides is 1. The molecule has 0 unspecified atom stereocenters. The van der Waals surface area contributed by atoms with E-state index in [1.165, 1.54) is 34.4 Å². The molecule has 1 fully saturated rings. The highest BCUT2D eigenvalue weighted by atomic mass is 32.1. The lowest BCUT2D eigenvalue weighted by Gasteiger charge is -2.28. The Morgan fingerprint density at radius 1 is 1.28 bits per heavy atom. The van der Waals surface area contributed by atoms with E-state index in [1.54, 1.807) is 25.1 Å². The molecule has 1 amide bonds. The smallest absolute Gasteiger partial charge is 0.273 e. The number of nitro benzene ring substituents is 1. The number of para-hydroxylation sites is 1. The first kappa shape index (κ1) is 22.3. The minimum absolute atomic E-state index is 0.112. The van der Waals surface area contributed by atoms with E-state index in [2.05, 4.69) is 9.88 Å². The molecule has 3 aromatic rings. The third-order valence-electron chi connectivity index (χ3n) is 5.53. The Morgan fingerprint density at radius 3 is 2.75 bits per heavy atom. The first-order chi connectivity index (χ1) is 15.5. The number of hydrogen-bond acceptors (Lipinski definition) is 7. The zero-order valence-corrected chi connectivity index (χ0v) is 18.4. The number of fused-ring (bicyclic) bond motifs is 1. The number of hydrogen-bond donors (Lipinski definition) is 0. The fourth-order valence-corrected chi connectivity index (χ4v) is 4.78. The second kappa shape index (κ2) is 9.68. The van der Waals surface area contributed by atoms with Gasteiger partial charge in [0.05, 0.1) is 22.8 Å². The number of benzene rings is 2. The molecule has 0 saturated carbocycles. The maximum absolute atomic E-state index is 14.2. The molecule has 0 atom stereocenters. The Morgan fingerprint density at radius 2 is 2.03 bits per heavy atom. The first-order valence-corrected chi connectivity index (χ1v) is 11.2. The standard InChI is InChI=1S/C22H23FN4O4S/c1-15-16(5-2-7-18(15)27(29)30)21(28)26(10-4-9-25-11-13-31-14-12-25)22-24-20-17(23)6-3-8-19(20)32-22/h2-3,5-8H,4,9-14H2,1H3. The fraction of sp³-hybridized carbons (Fsp3) is 0.364. The summed E-state index contributed by atoms with van der Waals surface area (Å²) in [6.45, 7) is 5.75. The van der Waals surface area contributed by atoms with Gasteiger partial charge in [0, 0.05) is 43.4 Å². The minimum atomic E-state index is -0.498. The summed E-state index contributed by atoms with van der Waals surface area (Å²) in [5, 5.41) is 11.7. The third-order valence-corrected chi connectivity index (χ3v) is 6.57. The molecule has 0 bridgehead atoms. The lowest BCUT2D eigenvalue weighted by molar-refractivity contribution is -0.385. The molecular weight excluding hydrogens is 435 g/mol. The number of aromatic nitrogens is 1. The average molecular weight is 459 g/mol. The molecule has 168 valence electrons. The Bertz CT molecular complexity index is 1150. The summed E-state index contributed by atoms with van der Waals surface area (Å²) in [6, 6.07) is 9.16. The van der Waals surface area contributed by atoms with Crippen molar-refractivity contribution in [1.82, 2.24) is 9.88 Å². The van der Waals surface area contributed by atoms with Crippen LogP contribution >= 0.6 is 11.3 Å². The van der Waals surface area contributed by atoms with Gasteiger partial charge in [0.2, 0.25) is 0 Å². The average Bonchev–Trinajstić information content (AvgIpc) is 3.22. The Balaban J connectivity index is 1.64. The maximum atomic E-state index is 14.2. The molecule has 1 aliphatic heterocycles. The van der Waals surface area contributed by atoms with E-state index in [0.717, 1.165) is 19.6 Å². The molecule has 0 radical (unpaired) electrons. The van der Waals surface area contributed by atoms with Crippen LogP contribution in [-0.4, -0.2) is 60.1 Å². The van der Waals surface area contributed by atoms with Crippen LogP contribution in [0, 0.1) is 22.9 Å². The van der Waals surface area contributed by atoms with Gasteiger partial charge in [-0.1, -0.05) is 23.5 Å². The third kappa shape index (κ3) is 4.62. The number of rotatable bonds is 7. The number of anilines is 1. The van der Waals surface area contributed by atoms with Gasteiger partial charge in [0.1, 0.15) is 11.3 Å². The number of halogens is 1. The van der Waals surface area contributed by atoms with Crippen molar-refractivity contribution < 1.29 is 18.8 Å². The van der Waals surface area contributed by atoms with Gasteiger partial charge in [-0.15, -0.1) is 0 Å². The number of nitro groups is 1. The van der Waals surface area contributed by atoms with Crippen molar-refractivity contribution in [2.24, 2.45) is 0 Å². The highest BCUT2D eigenvalue weighted by Crippen LogP contribution is 2.32. The van der Waals surface area contributed by atoms with Crippen LogP contribution in [0.5, 0.6) is 0 Å². The summed E-state index contributed by atoms with van der Waals surface area (Å²) in [7, 11) is 0. The van der Waals surface area contributed by atoms with Crippen LogP contribution in [0.4, 0.5) is 15.2 Å². The van der Waals surface area contributed by atoms with E-state index < -0.39 is 10.7 Å². The largest absolute Gasteiger partial charge is 0.379 e. The van der Waals surface area contributed by atoms with Crippen LogP contribution in [0.2, 0.25) is 0 Å². The molecular formula is C22H23FN4O4S. The number of thiazole rings is 1. The Labute approximate surface area is 188 Å². The summed E-state index contributed by atoms with van der Waals surface area (Å²) in [6.07, 6.45) is 0.679. The summed E-state index contributed by atoms with van der Waals surface area (Å²) in [4.78, 5) is 32.6. The second-order valence-corrected chi connectivity index (χ2v) is 8.56. The van der Waals surface area contributed by atoms with Gasteiger partial charge in [-0.3, -0.25) is 24.7 Å². The highest BCUT2D eigenvalue weighted by molar-refractivity contribution is 7.22. The van der Waals surface area contributed by atoms with Crippen LogP contribution in [0.25, 0.3) is 10.2 Å². The quantitative estimate of drug-likeness (QED) is 0.392. The Kier molecular flexibility index (Phi) is 6.73. The molecule has 32 heavy (non-hydrogen) atoms. The lowest BCUT2D eigenvalue weighted by Crippen LogP contribution is -2.39. The molecule has 2 aromatic carbocycles. The van der Waals surface area contributed by atoms with E-state index in [-0.39, 0.29) is 22.7 Å². The molecule has 10 heteroatoms. The van der Waals surface area contributed by atoms with Gasteiger partial charge >= 0.3 is 0 Å². The SMILES string of the molecule is Cc1c(C(=O)N(CCCN2CCOCC2)c2nc3c(F)cccc3s2)cccc1[N+](=O)[O-]. The molecule has 0 N–H and O–H groups in total. The van der Waals surface area contributed by atoms with Crippen LogP contribution in [-0.2, 0) is 4.74 Å². The van der Waals surface area contributed by atoms with Crippen LogP contribution < -0.4 is 4.90 Å². The van der Waals surface area contributed by atoms with Gasteiger partial charge in [-0.05, 0) is 31.5 Å². The van der Waals surface area contributed by atoms with E-state index in [1.807, 2.05) is 0 Å². The molecule has 1 saturated heterocycles. The summed E-state index contributed by atoms with van der Waals surface area (Å²) in [5.41, 5.74) is 0.645. The van der Waals surface area contributed by atoms with Gasteiger partial charge in [0.15, 0.2) is 5.13 Å². The molecule has 0 aliphatic carbocycles. The maximum Gasteiger partial charge on any atom is 0.273 e. The predicted molar refractivity (Wildman–Crippen MR) is 121 cm³/mol. The van der Waals surface area contributed by atoms with Crippen LogP contribution in [0.3, 0.4) is 0 Å². The van der Waals surface area contributed by atoms with Crippen molar-refractivity contribution in [1.29, 1.82) is 0 Å². The van der Waals surface area contributed by atoms with E-state index in [0.29, 0.717) is 41.6 Å². The molecule has 2 heterocycles. The number of morpholine rings is 1. The van der Waals surface area contributed by atoms with Crippen molar-refractivity contribution in [3.05, 3.63) is 63.5 Å². The molecule has 8 nitrogen and oxygen atoms in total. The van der Waals surface area contributed by atoms with Gasteiger partial charge in [-0.2, -0.15) is 0 Å². The number of carbonyl (C=O) groups excluding carboxylic acids is 1. The fourth-order valence-electron chi connectivity index (χ4n) is 3.78. The molecule has 4 rings (SSSR count). The number of carbonyl (C=O) groups is 1. The second-order valence-electron chi connectivity index (χ2n) is 7.55. The zero-order chi connectivity index (χ0) is 22.7. The normalized spacial score (nSPS) is 14.6. The van der Waals surface area contributed by atoms with Gasteiger partial charge < -0.3 is 4.74 Å². The monoisotopic (exact) mass is 458 g/mol. The van der Waals surface area contributed by atoms with Gasteiger partial charge in [-0.25, -0.2) is 9.37 Å². The number of nitrogens with zero attached hydrogens (tertiary/aromatic N) is 4.